The van der Waals surface area contributed by atoms with E-state index in [1.165, 1.54) is 6.92 Å². The number of Topliss-reactive ketones (excluding diaryl/α,β-unsaturated/α-hetero) is 1. The monoisotopic (exact) mass is 566 g/mol. The molecule has 1 aliphatic heterocycles. The lowest BCUT2D eigenvalue weighted by Crippen LogP contribution is -2.65. The molecule has 5 rings (SSSR count). The normalized spacial score (nSPS) is 28.0. The van der Waals surface area contributed by atoms with Gasteiger partial charge >= 0.3 is 7.12 Å². The molecule has 4 fully saturated rings. The first kappa shape index (κ1) is 31.2. The first-order chi connectivity index (χ1) is 19.3. The maximum atomic E-state index is 13.9. The molecule has 0 aromatic heterocycles. The zero-order valence-electron chi connectivity index (χ0n) is 25.2. The molecule has 224 valence electrons. The van der Waals surface area contributed by atoms with Crippen LogP contribution in [-0.4, -0.2) is 54.2 Å². The van der Waals surface area contributed by atoms with Gasteiger partial charge in [0, 0.05) is 25.7 Å². The van der Waals surface area contributed by atoms with Gasteiger partial charge in [0.05, 0.1) is 29.5 Å². The van der Waals surface area contributed by atoms with Crippen LogP contribution in [0.3, 0.4) is 0 Å². The number of benzene rings is 1. The molecule has 41 heavy (non-hydrogen) atoms. The molecule has 10 heteroatoms. The van der Waals surface area contributed by atoms with Crippen LogP contribution in [0.2, 0.25) is 0 Å². The van der Waals surface area contributed by atoms with E-state index < -0.39 is 30.6 Å². The highest BCUT2D eigenvalue weighted by molar-refractivity contribution is 6.47. The van der Waals surface area contributed by atoms with Gasteiger partial charge in [-0.3, -0.25) is 19.8 Å². The largest absolute Gasteiger partial charge is 0.481 e. The molecule has 3 aliphatic carbocycles. The number of unbranched alkanes of at least 4 members (excludes halogenated alkanes) is 1. The van der Waals surface area contributed by atoms with Crippen LogP contribution < -0.4 is 16.4 Å². The second-order valence-electron chi connectivity index (χ2n) is 13.2. The average molecular weight is 567 g/mol. The summed E-state index contributed by atoms with van der Waals surface area (Å²) in [6, 6.07) is 8.96. The van der Waals surface area contributed by atoms with Crippen LogP contribution in [-0.2, 0) is 30.1 Å². The highest BCUT2D eigenvalue weighted by Crippen LogP contribution is 2.65. The number of carbonyl (C=O) groups is 3. The fourth-order valence-corrected chi connectivity index (χ4v) is 7.29. The average Bonchev–Trinajstić information content (AvgIpc) is 3.27. The third kappa shape index (κ3) is 7.03. The molecule has 0 radical (unpaired) electrons. The lowest BCUT2D eigenvalue weighted by atomic mass is 9.43. The van der Waals surface area contributed by atoms with E-state index in [4.69, 9.17) is 20.5 Å². The fourth-order valence-electron chi connectivity index (χ4n) is 7.29. The maximum Gasteiger partial charge on any atom is 0.481 e. The summed E-state index contributed by atoms with van der Waals surface area (Å²) in [6.45, 7) is 9.82. The van der Waals surface area contributed by atoms with Crippen LogP contribution in [0.1, 0.15) is 85.1 Å². The van der Waals surface area contributed by atoms with Gasteiger partial charge in [0.2, 0.25) is 11.8 Å². The van der Waals surface area contributed by atoms with E-state index in [-0.39, 0.29) is 41.4 Å². The minimum atomic E-state index is -0.680. The Balaban J connectivity index is 1.51. The molecule has 1 saturated heterocycles. The van der Waals surface area contributed by atoms with Crippen molar-refractivity contribution in [1.82, 2.24) is 10.6 Å². The summed E-state index contributed by atoms with van der Waals surface area (Å²) in [7, 11) is -0.590. The quantitative estimate of drug-likeness (QED) is 0.117. The predicted octanol–water partition coefficient (Wildman–Crippen LogP) is 3.58. The van der Waals surface area contributed by atoms with E-state index in [1.807, 2.05) is 30.3 Å². The molecule has 3 saturated carbocycles. The Hall–Kier alpha value is -2.72. The zero-order valence-corrected chi connectivity index (χ0v) is 25.2. The van der Waals surface area contributed by atoms with Crippen LogP contribution >= 0.6 is 0 Å². The molecule has 7 atom stereocenters. The summed E-state index contributed by atoms with van der Waals surface area (Å²) in [4.78, 5) is 38.5. The van der Waals surface area contributed by atoms with Gasteiger partial charge in [-0.15, -0.1) is 0 Å². The number of hydrogen-bond donors (Lipinski definition) is 4. The standard InChI is InChI=1S/C31H47BN4O5/c1-19(35-20(2)37)24(38)16-22(15-21-11-7-6-8-12-21)29(39)36-27(13-9-10-14-28(33)34)32-40-26-18-23-17-25(30(23,3)4)31(26,5)41-32/h6-8,11-12,19,22-23,25-27H,9-10,13-18H2,1-5H3,(H3,33,34)(H,35,37)(H,36,39)/t19-,22+,23-,25-,26?,27-,31-/m0/s1. The number of ketones is 1. The van der Waals surface area contributed by atoms with Crippen LogP contribution in [0.15, 0.2) is 30.3 Å². The molecule has 1 heterocycles. The van der Waals surface area contributed by atoms with Gasteiger partial charge in [-0.05, 0) is 68.8 Å². The van der Waals surface area contributed by atoms with Gasteiger partial charge in [0.15, 0.2) is 5.78 Å². The SMILES string of the molecule is CC(=O)N[C@@H](C)C(=O)C[C@@H](Cc1ccccc1)C(=O)N[C@@H](CCCCC(=N)N)B1OC2C[C@@H]3C[C@@H](C3(C)C)[C@]2(C)O1. The molecule has 1 unspecified atom stereocenters. The van der Waals surface area contributed by atoms with Crippen molar-refractivity contribution in [3.8, 4) is 0 Å². The molecule has 2 amide bonds. The Bertz CT molecular complexity index is 1130. The number of carbonyl (C=O) groups excluding carboxylic acids is 3. The minimum Gasteiger partial charge on any atom is -0.404 e. The van der Waals surface area contributed by atoms with Gasteiger partial charge < -0.3 is 25.7 Å². The minimum absolute atomic E-state index is 0.00386. The van der Waals surface area contributed by atoms with Crippen LogP contribution in [0.5, 0.6) is 0 Å². The van der Waals surface area contributed by atoms with Crippen molar-refractivity contribution in [2.75, 3.05) is 0 Å². The van der Waals surface area contributed by atoms with Gasteiger partial charge in [-0.2, -0.15) is 0 Å². The summed E-state index contributed by atoms with van der Waals surface area (Å²) >= 11 is 0. The lowest BCUT2D eigenvalue weighted by Gasteiger charge is -2.64. The van der Waals surface area contributed by atoms with E-state index in [9.17, 15) is 14.4 Å². The molecule has 0 spiro atoms. The van der Waals surface area contributed by atoms with E-state index in [0.717, 1.165) is 31.2 Å². The smallest absolute Gasteiger partial charge is 0.404 e. The van der Waals surface area contributed by atoms with Crippen molar-refractivity contribution in [3.05, 3.63) is 35.9 Å². The van der Waals surface area contributed by atoms with Gasteiger partial charge in [-0.25, -0.2) is 0 Å². The van der Waals surface area contributed by atoms with E-state index in [2.05, 4.69) is 31.4 Å². The first-order valence-electron chi connectivity index (χ1n) is 15.1. The van der Waals surface area contributed by atoms with Crippen LogP contribution in [0.25, 0.3) is 0 Å². The molecule has 9 nitrogen and oxygen atoms in total. The van der Waals surface area contributed by atoms with Gasteiger partial charge in [-0.1, -0.05) is 50.6 Å². The Morgan fingerprint density at radius 2 is 1.83 bits per heavy atom. The second-order valence-corrected chi connectivity index (χ2v) is 13.2. The van der Waals surface area contributed by atoms with Crippen molar-refractivity contribution >= 4 is 30.6 Å². The van der Waals surface area contributed by atoms with Crippen LogP contribution in [0, 0.1) is 28.6 Å². The molecule has 5 N–H and O–H groups in total. The maximum absolute atomic E-state index is 13.9. The second kappa shape index (κ2) is 12.7. The summed E-state index contributed by atoms with van der Waals surface area (Å²) in [6.07, 6.45) is 5.06. The van der Waals surface area contributed by atoms with E-state index in [1.54, 1.807) is 6.92 Å². The third-order valence-corrected chi connectivity index (χ3v) is 9.88. The molecular weight excluding hydrogens is 519 g/mol. The summed E-state index contributed by atoms with van der Waals surface area (Å²) < 4.78 is 13.3. The zero-order chi connectivity index (χ0) is 29.9. The lowest BCUT2D eigenvalue weighted by molar-refractivity contribution is -0.199. The Morgan fingerprint density at radius 1 is 1.12 bits per heavy atom. The van der Waals surface area contributed by atoms with Gasteiger partial charge in [0.1, 0.15) is 0 Å². The number of hydrogen-bond acceptors (Lipinski definition) is 6. The van der Waals surface area contributed by atoms with Crippen molar-refractivity contribution < 1.29 is 23.7 Å². The Kier molecular flexibility index (Phi) is 9.64. The number of rotatable bonds is 14. The predicted molar refractivity (Wildman–Crippen MR) is 159 cm³/mol. The number of amides is 2. The third-order valence-electron chi connectivity index (χ3n) is 9.88. The molecular formula is C31H47BN4O5. The van der Waals surface area contributed by atoms with E-state index in [0.29, 0.717) is 31.1 Å². The highest BCUT2D eigenvalue weighted by atomic mass is 16.7. The van der Waals surface area contributed by atoms with Crippen molar-refractivity contribution in [2.45, 2.75) is 110 Å². The summed E-state index contributed by atoms with van der Waals surface area (Å²) in [5.74, 6) is -0.569. The molecule has 1 aromatic rings. The highest BCUT2D eigenvalue weighted by Gasteiger charge is 2.68. The number of nitrogens with one attached hydrogen (secondary N) is 3. The van der Waals surface area contributed by atoms with E-state index >= 15 is 0 Å². The molecule has 2 bridgehead atoms. The first-order valence-corrected chi connectivity index (χ1v) is 15.1. The number of nitrogens with two attached hydrogens (primary N) is 1. The summed E-state index contributed by atoms with van der Waals surface area (Å²) in [5.41, 5.74) is 6.33. The Morgan fingerprint density at radius 3 is 2.46 bits per heavy atom. The van der Waals surface area contributed by atoms with Crippen LogP contribution in [0.4, 0.5) is 0 Å². The summed E-state index contributed by atoms with van der Waals surface area (Å²) in [5, 5.41) is 13.4. The topological polar surface area (TPSA) is 144 Å². The van der Waals surface area contributed by atoms with Crippen molar-refractivity contribution in [3.63, 3.8) is 0 Å². The molecule has 1 aromatic carbocycles. The van der Waals surface area contributed by atoms with Crippen molar-refractivity contribution in [2.24, 2.45) is 28.9 Å². The number of amidine groups is 1. The molecule has 4 aliphatic rings. The van der Waals surface area contributed by atoms with Crippen molar-refractivity contribution in [1.29, 1.82) is 5.41 Å². The Labute approximate surface area is 244 Å². The van der Waals surface area contributed by atoms with Gasteiger partial charge in [0.25, 0.3) is 0 Å². The fraction of sp³-hybridized carbons (Fsp3) is 0.677.